The zero-order valence-corrected chi connectivity index (χ0v) is 17.4. The van der Waals surface area contributed by atoms with Crippen molar-refractivity contribution in [2.24, 2.45) is 5.92 Å². The fourth-order valence-electron chi connectivity index (χ4n) is 3.92. The third-order valence-electron chi connectivity index (χ3n) is 5.44. The second-order valence-corrected chi connectivity index (χ2v) is 7.43. The molecule has 1 aliphatic heterocycles. The number of rotatable bonds is 5. The summed E-state index contributed by atoms with van der Waals surface area (Å²) in [6.45, 7) is 4.02. The van der Waals surface area contributed by atoms with Crippen molar-refractivity contribution in [3.8, 4) is 11.5 Å². The maximum absolute atomic E-state index is 12.9. The lowest BCUT2D eigenvalue weighted by molar-refractivity contribution is -0.135. The Bertz CT molecular complexity index is 896. The van der Waals surface area contributed by atoms with Crippen molar-refractivity contribution in [2.75, 3.05) is 26.1 Å². The maximum atomic E-state index is 12.9. The SMILES string of the molecule is COc1ccc(NC(=O)C2CCC(c3cccc(C)c3)N(C(C)=O)C2)cc1OC. The summed E-state index contributed by atoms with van der Waals surface area (Å²) in [5, 5.41) is 2.95. The molecule has 0 radical (unpaired) electrons. The molecule has 6 nitrogen and oxygen atoms in total. The van der Waals surface area contributed by atoms with Gasteiger partial charge in [0, 0.05) is 25.2 Å². The van der Waals surface area contributed by atoms with Gasteiger partial charge in [-0.3, -0.25) is 9.59 Å². The molecule has 0 aliphatic carbocycles. The number of nitrogens with zero attached hydrogens (tertiary/aromatic N) is 1. The van der Waals surface area contributed by atoms with E-state index in [1.54, 1.807) is 39.3 Å². The van der Waals surface area contributed by atoms with Crippen LogP contribution in [0.5, 0.6) is 11.5 Å². The number of piperidine rings is 1. The smallest absolute Gasteiger partial charge is 0.229 e. The average molecular weight is 396 g/mol. The van der Waals surface area contributed by atoms with Crippen LogP contribution in [-0.4, -0.2) is 37.5 Å². The predicted molar refractivity (Wildman–Crippen MR) is 112 cm³/mol. The molecule has 1 saturated heterocycles. The first-order chi connectivity index (χ1) is 13.9. The van der Waals surface area contributed by atoms with Crippen LogP contribution in [0.1, 0.15) is 36.9 Å². The van der Waals surface area contributed by atoms with Crippen molar-refractivity contribution in [2.45, 2.75) is 32.7 Å². The summed E-state index contributed by atoms with van der Waals surface area (Å²) < 4.78 is 10.5. The second kappa shape index (κ2) is 8.99. The minimum atomic E-state index is -0.256. The molecule has 1 fully saturated rings. The largest absolute Gasteiger partial charge is 0.493 e. The Labute approximate surface area is 171 Å². The highest BCUT2D eigenvalue weighted by atomic mass is 16.5. The van der Waals surface area contributed by atoms with Crippen molar-refractivity contribution in [1.82, 2.24) is 4.90 Å². The third-order valence-corrected chi connectivity index (χ3v) is 5.44. The second-order valence-electron chi connectivity index (χ2n) is 7.43. The molecule has 1 aliphatic rings. The quantitative estimate of drug-likeness (QED) is 0.831. The van der Waals surface area contributed by atoms with E-state index in [0.717, 1.165) is 18.4 Å². The molecule has 29 heavy (non-hydrogen) atoms. The van der Waals surface area contributed by atoms with E-state index < -0.39 is 0 Å². The molecule has 1 heterocycles. The summed E-state index contributed by atoms with van der Waals surface area (Å²) in [5.74, 6) is 0.796. The molecule has 2 aromatic carbocycles. The summed E-state index contributed by atoms with van der Waals surface area (Å²) in [5.41, 5.74) is 2.93. The first kappa shape index (κ1) is 20.7. The number of ether oxygens (including phenoxy) is 2. The van der Waals surface area contributed by atoms with E-state index in [9.17, 15) is 9.59 Å². The minimum Gasteiger partial charge on any atom is -0.493 e. The Morgan fingerprint density at radius 1 is 1.03 bits per heavy atom. The summed E-state index contributed by atoms with van der Waals surface area (Å²) >= 11 is 0. The summed E-state index contributed by atoms with van der Waals surface area (Å²) in [6, 6.07) is 13.5. The number of benzene rings is 2. The number of nitrogens with one attached hydrogen (secondary N) is 1. The number of hydrogen-bond acceptors (Lipinski definition) is 4. The van der Waals surface area contributed by atoms with E-state index in [1.165, 1.54) is 5.56 Å². The van der Waals surface area contributed by atoms with E-state index in [4.69, 9.17) is 9.47 Å². The van der Waals surface area contributed by atoms with Crippen molar-refractivity contribution in [1.29, 1.82) is 0 Å². The van der Waals surface area contributed by atoms with Gasteiger partial charge >= 0.3 is 0 Å². The van der Waals surface area contributed by atoms with Gasteiger partial charge in [-0.05, 0) is 37.5 Å². The number of aryl methyl sites for hydroxylation is 1. The summed E-state index contributed by atoms with van der Waals surface area (Å²) in [6.07, 6.45) is 1.48. The van der Waals surface area contributed by atoms with Gasteiger partial charge in [-0.2, -0.15) is 0 Å². The molecular formula is C23H28N2O4. The fourth-order valence-corrected chi connectivity index (χ4v) is 3.92. The molecule has 3 rings (SSSR count). The first-order valence-corrected chi connectivity index (χ1v) is 9.79. The van der Waals surface area contributed by atoms with Gasteiger partial charge in [0.05, 0.1) is 26.2 Å². The van der Waals surface area contributed by atoms with Crippen LogP contribution in [0.4, 0.5) is 5.69 Å². The van der Waals surface area contributed by atoms with Gasteiger partial charge in [0.15, 0.2) is 11.5 Å². The van der Waals surface area contributed by atoms with Crippen molar-refractivity contribution >= 4 is 17.5 Å². The molecule has 0 saturated carbocycles. The lowest BCUT2D eigenvalue weighted by atomic mass is 9.88. The van der Waals surface area contributed by atoms with Gasteiger partial charge in [0.1, 0.15) is 0 Å². The molecule has 0 spiro atoms. The highest BCUT2D eigenvalue weighted by Gasteiger charge is 2.34. The van der Waals surface area contributed by atoms with Crippen molar-refractivity contribution in [3.05, 3.63) is 53.6 Å². The number of likely N-dealkylation sites (tertiary alicyclic amines) is 1. The van der Waals surface area contributed by atoms with Crippen LogP contribution in [0.25, 0.3) is 0 Å². The van der Waals surface area contributed by atoms with Crippen LogP contribution >= 0.6 is 0 Å². The Balaban J connectivity index is 1.72. The number of anilines is 1. The van der Waals surface area contributed by atoms with Crippen LogP contribution in [-0.2, 0) is 9.59 Å². The summed E-state index contributed by atoms with van der Waals surface area (Å²) in [4.78, 5) is 27.0. The zero-order valence-electron chi connectivity index (χ0n) is 17.4. The number of hydrogen-bond donors (Lipinski definition) is 1. The molecule has 154 valence electrons. The van der Waals surface area contributed by atoms with Gasteiger partial charge in [-0.25, -0.2) is 0 Å². The zero-order chi connectivity index (χ0) is 21.0. The molecule has 6 heteroatoms. The fraction of sp³-hybridized carbons (Fsp3) is 0.391. The Morgan fingerprint density at radius 2 is 1.79 bits per heavy atom. The molecule has 2 unspecified atom stereocenters. The van der Waals surface area contributed by atoms with Crippen molar-refractivity contribution < 1.29 is 19.1 Å². The van der Waals surface area contributed by atoms with Gasteiger partial charge in [-0.15, -0.1) is 0 Å². The Hall–Kier alpha value is -3.02. The van der Waals surface area contributed by atoms with E-state index in [-0.39, 0.29) is 23.8 Å². The van der Waals surface area contributed by atoms with E-state index in [0.29, 0.717) is 23.7 Å². The van der Waals surface area contributed by atoms with Crippen LogP contribution in [0.2, 0.25) is 0 Å². The van der Waals surface area contributed by atoms with E-state index in [2.05, 4.69) is 17.4 Å². The molecule has 0 bridgehead atoms. The van der Waals surface area contributed by atoms with Crippen LogP contribution in [0, 0.1) is 12.8 Å². The molecule has 2 amide bonds. The molecule has 2 aromatic rings. The van der Waals surface area contributed by atoms with Gasteiger partial charge in [0.25, 0.3) is 0 Å². The van der Waals surface area contributed by atoms with Gasteiger partial charge in [0.2, 0.25) is 11.8 Å². The number of amides is 2. The van der Waals surface area contributed by atoms with Gasteiger partial charge < -0.3 is 19.7 Å². The monoisotopic (exact) mass is 396 g/mol. The van der Waals surface area contributed by atoms with Crippen LogP contribution in [0.3, 0.4) is 0 Å². The lowest BCUT2D eigenvalue weighted by Crippen LogP contribution is -2.44. The van der Waals surface area contributed by atoms with Crippen LogP contribution in [0.15, 0.2) is 42.5 Å². The molecule has 2 atom stereocenters. The Morgan fingerprint density at radius 3 is 2.45 bits per heavy atom. The number of carbonyl (C=O) groups is 2. The van der Waals surface area contributed by atoms with E-state index >= 15 is 0 Å². The third kappa shape index (κ3) is 4.70. The maximum Gasteiger partial charge on any atom is 0.229 e. The lowest BCUT2D eigenvalue weighted by Gasteiger charge is -2.39. The average Bonchev–Trinajstić information content (AvgIpc) is 2.73. The minimum absolute atomic E-state index is 0.0116. The highest BCUT2D eigenvalue weighted by Crippen LogP contribution is 2.35. The van der Waals surface area contributed by atoms with Crippen LogP contribution < -0.4 is 14.8 Å². The number of carbonyl (C=O) groups excluding carboxylic acids is 2. The molecule has 0 aromatic heterocycles. The standard InChI is InChI=1S/C23H28N2O4/c1-15-6-5-7-17(12-15)20-10-8-18(14-25(20)16(2)26)23(27)24-19-9-11-21(28-3)22(13-19)29-4/h5-7,9,11-13,18,20H,8,10,14H2,1-4H3,(H,24,27). The highest BCUT2D eigenvalue weighted by molar-refractivity contribution is 5.93. The van der Waals surface area contributed by atoms with E-state index in [1.807, 2.05) is 24.0 Å². The molecular weight excluding hydrogens is 368 g/mol. The molecule has 1 N–H and O–H groups in total. The normalized spacial score (nSPS) is 18.8. The summed E-state index contributed by atoms with van der Waals surface area (Å²) in [7, 11) is 3.12. The van der Waals surface area contributed by atoms with Gasteiger partial charge in [-0.1, -0.05) is 29.8 Å². The predicted octanol–water partition coefficient (Wildman–Crippen LogP) is 3.95. The topological polar surface area (TPSA) is 67.9 Å². The van der Waals surface area contributed by atoms with Crippen molar-refractivity contribution in [3.63, 3.8) is 0 Å². The number of methoxy groups -OCH3 is 2. The first-order valence-electron chi connectivity index (χ1n) is 9.79. The Kier molecular flexibility index (Phi) is 6.42.